The predicted molar refractivity (Wildman–Crippen MR) is 104 cm³/mol. The van der Waals surface area contributed by atoms with E-state index < -0.39 is 0 Å². The average molecular weight is 376 g/mol. The number of carbonyl (C=O) groups excluding carboxylic acids is 1. The van der Waals surface area contributed by atoms with Gasteiger partial charge in [-0.05, 0) is 37.0 Å². The first-order chi connectivity index (χ1) is 13.6. The highest BCUT2D eigenvalue weighted by Crippen LogP contribution is 2.21. The first-order valence-electron chi connectivity index (χ1n) is 9.34. The normalized spacial score (nSPS) is 17.5. The highest BCUT2D eigenvalue weighted by molar-refractivity contribution is 5.97. The molecule has 0 spiro atoms. The lowest BCUT2D eigenvalue weighted by Crippen LogP contribution is -2.39. The zero-order chi connectivity index (χ0) is 19.3. The number of rotatable bonds is 2. The van der Waals surface area contributed by atoms with Crippen molar-refractivity contribution in [3.63, 3.8) is 0 Å². The summed E-state index contributed by atoms with van der Waals surface area (Å²) in [6.45, 7) is 3.79. The molecule has 0 saturated carbocycles. The van der Waals surface area contributed by atoms with Crippen molar-refractivity contribution in [1.82, 2.24) is 34.3 Å². The lowest BCUT2D eigenvalue weighted by Gasteiger charge is -2.30. The fraction of sp³-hybridized carbons (Fsp3) is 0.316. The third kappa shape index (κ3) is 2.75. The molecular weight excluding hydrogens is 356 g/mol. The van der Waals surface area contributed by atoms with E-state index in [9.17, 15) is 4.79 Å². The Bertz CT molecular complexity index is 1190. The van der Waals surface area contributed by atoms with E-state index in [0.717, 1.165) is 30.6 Å². The Labute approximate surface area is 160 Å². The first-order valence-corrected chi connectivity index (χ1v) is 9.34. The van der Waals surface area contributed by atoms with Gasteiger partial charge in [0.25, 0.3) is 5.91 Å². The van der Waals surface area contributed by atoms with Gasteiger partial charge in [-0.3, -0.25) is 4.79 Å². The second kappa shape index (κ2) is 6.29. The van der Waals surface area contributed by atoms with E-state index in [2.05, 4.69) is 27.1 Å². The van der Waals surface area contributed by atoms with E-state index >= 15 is 0 Å². The van der Waals surface area contributed by atoms with Gasteiger partial charge in [-0.25, -0.2) is 14.2 Å². The molecule has 0 aromatic carbocycles. The number of piperidine rings is 1. The molecule has 1 fully saturated rings. The Hall–Kier alpha value is -3.49. The van der Waals surface area contributed by atoms with Crippen LogP contribution in [0.15, 0.2) is 36.8 Å². The molecule has 0 radical (unpaired) electrons. The summed E-state index contributed by atoms with van der Waals surface area (Å²) in [5, 5.41) is 9.39. The van der Waals surface area contributed by atoms with Gasteiger partial charge < -0.3 is 10.6 Å². The number of nitrogens with zero attached hydrogens (tertiary/aromatic N) is 7. The number of carbonyl (C=O) groups is 1. The van der Waals surface area contributed by atoms with Gasteiger partial charge in [0.2, 0.25) is 5.95 Å². The Morgan fingerprint density at radius 2 is 2.18 bits per heavy atom. The topological polar surface area (TPSA) is 107 Å². The minimum Gasteiger partial charge on any atom is -0.366 e. The van der Waals surface area contributed by atoms with Gasteiger partial charge in [-0.2, -0.15) is 10.1 Å². The fourth-order valence-corrected chi connectivity index (χ4v) is 3.80. The number of hydrogen-bond donors (Lipinski definition) is 1. The van der Waals surface area contributed by atoms with Crippen LogP contribution in [-0.4, -0.2) is 53.3 Å². The molecule has 2 N–H and O–H groups in total. The minimum atomic E-state index is 0.0354. The van der Waals surface area contributed by atoms with Crippen LogP contribution < -0.4 is 5.73 Å². The standard InChI is InChI=1S/C19H20N8O/c1-12-3-2-6-25(10-12)18(28)14-7-13-9-22-27(17(13)21-8-14)15-4-5-16-23-19(20)24-26(16)11-15/h4-5,7-9,11-12H,2-3,6,10H2,1H3,(H2,20,24)/t12-/m0/s1. The molecule has 0 unspecified atom stereocenters. The Balaban J connectivity index is 1.49. The van der Waals surface area contributed by atoms with Gasteiger partial charge in [-0.1, -0.05) is 6.92 Å². The van der Waals surface area contributed by atoms with Crippen LogP contribution in [0.4, 0.5) is 5.95 Å². The zero-order valence-electron chi connectivity index (χ0n) is 15.5. The molecule has 142 valence electrons. The number of nitrogen functional groups attached to an aromatic ring is 1. The van der Waals surface area contributed by atoms with Gasteiger partial charge in [-0.15, -0.1) is 5.10 Å². The quantitative estimate of drug-likeness (QED) is 0.573. The minimum absolute atomic E-state index is 0.0354. The number of likely N-dealkylation sites (tertiary alicyclic amines) is 1. The zero-order valence-corrected chi connectivity index (χ0v) is 15.5. The number of aromatic nitrogens is 6. The van der Waals surface area contributed by atoms with Gasteiger partial charge in [0.1, 0.15) is 0 Å². The lowest BCUT2D eigenvalue weighted by molar-refractivity contribution is 0.0683. The van der Waals surface area contributed by atoms with Crippen molar-refractivity contribution < 1.29 is 4.79 Å². The molecule has 0 aliphatic carbocycles. The summed E-state index contributed by atoms with van der Waals surface area (Å²) in [7, 11) is 0. The van der Waals surface area contributed by atoms with E-state index in [4.69, 9.17) is 5.73 Å². The maximum Gasteiger partial charge on any atom is 0.255 e. The summed E-state index contributed by atoms with van der Waals surface area (Å²) in [5.41, 5.74) is 8.37. The van der Waals surface area contributed by atoms with Crippen LogP contribution in [0, 0.1) is 5.92 Å². The van der Waals surface area contributed by atoms with E-state index in [-0.39, 0.29) is 11.9 Å². The maximum atomic E-state index is 12.8. The largest absolute Gasteiger partial charge is 0.366 e. The van der Waals surface area contributed by atoms with E-state index in [1.165, 1.54) is 6.42 Å². The third-order valence-electron chi connectivity index (χ3n) is 5.18. The van der Waals surface area contributed by atoms with Crippen LogP contribution in [0.5, 0.6) is 0 Å². The summed E-state index contributed by atoms with van der Waals surface area (Å²) < 4.78 is 3.32. The number of amides is 1. The number of nitrogens with two attached hydrogens (primary N) is 1. The molecule has 1 amide bonds. The number of anilines is 1. The number of hydrogen-bond acceptors (Lipinski definition) is 6. The summed E-state index contributed by atoms with van der Waals surface area (Å²) in [6, 6.07) is 5.56. The highest BCUT2D eigenvalue weighted by Gasteiger charge is 2.23. The molecule has 4 aromatic heterocycles. The second-order valence-electron chi connectivity index (χ2n) is 7.35. The first kappa shape index (κ1) is 16.7. The summed E-state index contributed by atoms with van der Waals surface area (Å²) in [5.74, 6) is 0.793. The van der Waals surface area contributed by atoms with Crippen LogP contribution in [-0.2, 0) is 0 Å². The monoisotopic (exact) mass is 376 g/mol. The molecule has 1 saturated heterocycles. The molecule has 28 heavy (non-hydrogen) atoms. The Morgan fingerprint density at radius 3 is 3.04 bits per heavy atom. The van der Waals surface area contributed by atoms with Crippen molar-refractivity contribution >= 4 is 28.5 Å². The summed E-state index contributed by atoms with van der Waals surface area (Å²) in [6.07, 6.45) is 7.37. The van der Waals surface area contributed by atoms with Crippen molar-refractivity contribution in [2.24, 2.45) is 5.92 Å². The lowest BCUT2D eigenvalue weighted by atomic mass is 10.00. The van der Waals surface area contributed by atoms with Crippen molar-refractivity contribution in [1.29, 1.82) is 0 Å². The molecule has 9 heteroatoms. The van der Waals surface area contributed by atoms with Gasteiger partial charge in [0, 0.05) is 24.7 Å². The highest BCUT2D eigenvalue weighted by atomic mass is 16.2. The van der Waals surface area contributed by atoms with Crippen LogP contribution in [0.3, 0.4) is 0 Å². The van der Waals surface area contributed by atoms with E-state index in [0.29, 0.717) is 22.8 Å². The van der Waals surface area contributed by atoms with Gasteiger partial charge >= 0.3 is 0 Å². The van der Waals surface area contributed by atoms with Gasteiger partial charge in [0.15, 0.2) is 11.3 Å². The van der Waals surface area contributed by atoms with Crippen LogP contribution >= 0.6 is 0 Å². The van der Waals surface area contributed by atoms with Gasteiger partial charge in [0.05, 0.1) is 23.6 Å². The van der Waals surface area contributed by atoms with Crippen molar-refractivity contribution in [2.45, 2.75) is 19.8 Å². The average Bonchev–Trinajstić information content (AvgIpc) is 3.28. The molecule has 0 bridgehead atoms. The third-order valence-corrected chi connectivity index (χ3v) is 5.18. The molecule has 9 nitrogen and oxygen atoms in total. The molecule has 5 heterocycles. The van der Waals surface area contributed by atoms with Crippen molar-refractivity contribution in [2.75, 3.05) is 18.8 Å². The van der Waals surface area contributed by atoms with E-state index in [1.807, 2.05) is 23.1 Å². The fourth-order valence-electron chi connectivity index (χ4n) is 3.80. The smallest absolute Gasteiger partial charge is 0.255 e. The van der Waals surface area contributed by atoms with Crippen LogP contribution in [0.25, 0.3) is 22.4 Å². The molecule has 1 aliphatic rings. The van der Waals surface area contributed by atoms with Crippen molar-refractivity contribution in [3.05, 3.63) is 42.4 Å². The summed E-state index contributed by atoms with van der Waals surface area (Å²) in [4.78, 5) is 23.4. The number of pyridine rings is 2. The maximum absolute atomic E-state index is 12.8. The molecule has 4 aromatic rings. The number of fused-ring (bicyclic) bond motifs is 2. The Kier molecular flexibility index (Phi) is 3.75. The van der Waals surface area contributed by atoms with Crippen LogP contribution in [0.1, 0.15) is 30.1 Å². The molecule has 1 aliphatic heterocycles. The predicted octanol–water partition coefficient (Wildman–Crippen LogP) is 1.92. The second-order valence-corrected chi connectivity index (χ2v) is 7.35. The van der Waals surface area contributed by atoms with Crippen LogP contribution in [0.2, 0.25) is 0 Å². The van der Waals surface area contributed by atoms with Crippen molar-refractivity contribution in [3.8, 4) is 5.69 Å². The molecule has 1 atom stereocenters. The molecular formula is C19H20N8O. The Morgan fingerprint density at radius 1 is 1.29 bits per heavy atom. The molecule has 5 rings (SSSR count). The van der Waals surface area contributed by atoms with E-state index in [1.54, 1.807) is 27.8 Å². The summed E-state index contributed by atoms with van der Waals surface area (Å²) >= 11 is 0. The SMILES string of the molecule is C[C@H]1CCCN(C(=O)c2cnc3c(cnn3-c3ccc4nc(N)nn4c3)c2)C1.